The maximum Gasteiger partial charge on any atom is 0.239 e. The van der Waals surface area contributed by atoms with Gasteiger partial charge in [0.25, 0.3) is 0 Å². The zero-order valence-electron chi connectivity index (χ0n) is 34.6. The molecule has 0 unspecified atom stereocenters. The fourth-order valence-corrected chi connectivity index (χ4v) is 12.2. The fraction of sp³-hybridized carbons (Fsp3) is 0.102. The molecule has 0 amide bonds. The van der Waals surface area contributed by atoms with E-state index in [0.717, 1.165) is 38.5 Å². The van der Waals surface area contributed by atoms with Gasteiger partial charge in [-0.25, -0.2) is 0 Å². The first-order chi connectivity index (χ1) is 30.7. The maximum absolute atomic E-state index is 2.60. The van der Waals surface area contributed by atoms with Gasteiger partial charge >= 0.3 is 0 Å². The van der Waals surface area contributed by atoms with Gasteiger partial charge in [-0.2, -0.15) is 0 Å². The number of para-hydroxylation sites is 2. The molecule has 298 valence electrons. The molecule has 1 nitrogen and oxygen atoms in total. The smallest absolute Gasteiger partial charge is 0.239 e. The zero-order chi connectivity index (χ0) is 41.2. The molecule has 62 heavy (non-hydrogen) atoms. The number of nitrogens with zero attached hydrogens (tertiary/aromatic N) is 1. The molecule has 0 N–H and O–H groups in total. The normalized spacial score (nSPS) is 17.2. The largest absolute Gasteiger partial charge is 0.310 e. The summed E-state index contributed by atoms with van der Waals surface area (Å²) in [7, 11) is 0. The number of hydrogen-bond acceptors (Lipinski definition) is 2. The third-order valence-corrected chi connectivity index (χ3v) is 15.1. The van der Waals surface area contributed by atoms with Crippen molar-refractivity contribution in [1.82, 2.24) is 0 Å². The maximum atomic E-state index is 2.60. The average molecular weight is 833 g/mol. The predicted octanol–water partition coefficient (Wildman–Crippen LogP) is 16.8. The molecule has 0 fully saturated rings. The zero-order valence-corrected chi connectivity index (χ0v) is 36.3. The van der Waals surface area contributed by atoms with Gasteiger partial charge in [0.05, 0.1) is 5.70 Å². The molecule has 0 radical (unpaired) electrons. The summed E-state index contributed by atoms with van der Waals surface area (Å²) in [6.07, 6.45) is 13.8. The van der Waals surface area contributed by atoms with Crippen molar-refractivity contribution in [3.8, 4) is 21.6 Å². The molecule has 1 aliphatic heterocycles. The Morgan fingerprint density at radius 3 is 1.61 bits per heavy atom. The summed E-state index contributed by atoms with van der Waals surface area (Å²) in [6.45, 7) is 0. The summed E-state index contributed by atoms with van der Waals surface area (Å²) >= 11 is 3.93. The van der Waals surface area contributed by atoms with Crippen LogP contribution in [0.15, 0.2) is 239 Å². The SMILES string of the molecule is C1=C(c2ccccc2)SC2=C(/C=C3\CCC(/C=C4/CCc5c(-c6ccccc6)cc(-c6ccccc6)[s+]c54)=C3N(c3ccccc3)c3ccccc3)CCC2=C1c1ccccc1. The Kier molecular flexibility index (Phi) is 10.6. The molecule has 3 aliphatic carbocycles. The van der Waals surface area contributed by atoms with Crippen molar-refractivity contribution in [2.45, 2.75) is 38.5 Å². The van der Waals surface area contributed by atoms with E-state index in [9.17, 15) is 0 Å². The Bertz CT molecular complexity index is 2940. The van der Waals surface area contributed by atoms with Crippen LogP contribution < -0.4 is 4.90 Å². The summed E-state index contributed by atoms with van der Waals surface area (Å²) < 4.78 is 0. The van der Waals surface area contributed by atoms with Crippen molar-refractivity contribution in [3.05, 3.63) is 261 Å². The van der Waals surface area contributed by atoms with E-state index in [-0.39, 0.29) is 0 Å². The molecule has 0 saturated carbocycles. The minimum absolute atomic E-state index is 0.994. The Labute approximate surface area is 374 Å². The minimum Gasteiger partial charge on any atom is -0.310 e. The molecule has 3 heteroatoms. The van der Waals surface area contributed by atoms with E-state index in [1.807, 2.05) is 23.1 Å². The average Bonchev–Trinajstić information content (AvgIpc) is 4.07. The minimum atomic E-state index is 0.994. The molecule has 0 atom stereocenters. The van der Waals surface area contributed by atoms with Crippen molar-refractivity contribution < 1.29 is 0 Å². The Morgan fingerprint density at radius 2 is 0.984 bits per heavy atom. The van der Waals surface area contributed by atoms with Crippen LogP contribution in [0.25, 0.3) is 37.6 Å². The van der Waals surface area contributed by atoms with Crippen LogP contribution in [0.2, 0.25) is 0 Å². The number of fused-ring (bicyclic) bond motifs is 2. The molecule has 1 aromatic heterocycles. The molecule has 0 spiro atoms. The standard InChI is InChI=1S/C59H46NS2/c1-7-19-41(20-8-1)53-39-55(43-23-11-3-12-24-43)61-58-47(33-35-51(53)58)37-45-31-32-46(57(45)60(49-27-15-5-16-28-49)50-29-17-6-18-30-50)38-48-34-36-52-54(42-21-9-2-10-22-42)40-56(62-59(48)52)44-25-13-4-14-26-44/h1-30,37-40H,31-36H2/q+1. The van der Waals surface area contributed by atoms with Crippen LogP contribution in [0.4, 0.5) is 11.4 Å². The van der Waals surface area contributed by atoms with Gasteiger partial charge in [-0.05, 0) is 137 Å². The van der Waals surface area contributed by atoms with Crippen LogP contribution in [0.3, 0.4) is 0 Å². The lowest BCUT2D eigenvalue weighted by Gasteiger charge is -2.29. The van der Waals surface area contributed by atoms with E-state index < -0.39 is 0 Å². The van der Waals surface area contributed by atoms with Gasteiger partial charge in [0.2, 0.25) is 21.1 Å². The molecule has 0 saturated heterocycles. The summed E-state index contributed by atoms with van der Waals surface area (Å²) in [6, 6.07) is 68.3. The highest BCUT2D eigenvalue weighted by atomic mass is 32.2. The Balaban J connectivity index is 1.10. The van der Waals surface area contributed by atoms with Crippen LogP contribution >= 0.6 is 23.1 Å². The summed E-state index contributed by atoms with van der Waals surface area (Å²) in [4.78, 5) is 8.03. The highest BCUT2D eigenvalue weighted by molar-refractivity contribution is 8.12. The molecular formula is C59H46NS2+. The third kappa shape index (κ3) is 7.46. The van der Waals surface area contributed by atoms with Crippen molar-refractivity contribution >= 4 is 50.5 Å². The lowest BCUT2D eigenvalue weighted by Crippen LogP contribution is -2.17. The van der Waals surface area contributed by atoms with Crippen LogP contribution in [-0.2, 0) is 6.42 Å². The number of allylic oxidation sites excluding steroid dienone is 9. The van der Waals surface area contributed by atoms with E-state index in [0.29, 0.717) is 0 Å². The van der Waals surface area contributed by atoms with Gasteiger partial charge < -0.3 is 4.90 Å². The first kappa shape index (κ1) is 38.4. The predicted molar refractivity (Wildman–Crippen MR) is 267 cm³/mol. The summed E-state index contributed by atoms with van der Waals surface area (Å²) in [5, 5.41) is 0. The quantitative estimate of drug-likeness (QED) is 0.133. The Morgan fingerprint density at radius 1 is 0.468 bits per heavy atom. The second kappa shape index (κ2) is 17.1. The van der Waals surface area contributed by atoms with E-state index in [1.54, 1.807) is 0 Å². The van der Waals surface area contributed by atoms with Crippen molar-refractivity contribution in [2.75, 3.05) is 4.90 Å². The lowest BCUT2D eigenvalue weighted by molar-refractivity contribution is 1.00. The third-order valence-electron chi connectivity index (χ3n) is 12.6. The van der Waals surface area contributed by atoms with E-state index in [2.05, 4.69) is 211 Å². The lowest BCUT2D eigenvalue weighted by atomic mass is 9.97. The van der Waals surface area contributed by atoms with Gasteiger partial charge in [0, 0.05) is 44.0 Å². The van der Waals surface area contributed by atoms with Crippen molar-refractivity contribution in [1.29, 1.82) is 0 Å². The summed E-state index contributed by atoms with van der Waals surface area (Å²) in [5.74, 6) is 0. The summed E-state index contributed by atoms with van der Waals surface area (Å²) in [5.41, 5.74) is 20.2. The van der Waals surface area contributed by atoms with Gasteiger partial charge in [0.1, 0.15) is 0 Å². The Hall–Kier alpha value is -6.52. The number of thioether (sulfide) groups is 1. The fourth-order valence-electron chi connectivity index (χ4n) is 9.62. The van der Waals surface area contributed by atoms with Crippen molar-refractivity contribution in [2.24, 2.45) is 0 Å². The van der Waals surface area contributed by atoms with Crippen LogP contribution in [-0.4, -0.2) is 0 Å². The van der Waals surface area contributed by atoms with Gasteiger partial charge in [-0.15, -0.1) is 0 Å². The first-order valence-corrected chi connectivity index (χ1v) is 23.5. The van der Waals surface area contributed by atoms with Gasteiger partial charge in [-0.1, -0.05) is 163 Å². The van der Waals surface area contributed by atoms with Crippen LogP contribution in [0.5, 0.6) is 0 Å². The highest BCUT2D eigenvalue weighted by Gasteiger charge is 2.35. The highest BCUT2D eigenvalue weighted by Crippen LogP contribution is 2.54. The van der Waals surface area contributed by atoms with Crippen LogP contribution in [0, 0.1) is 0 Å². The monoisotopic (exact) mass is 832 g/mol. The topological polar surface area (TPSA) is 3.24 Å². The molecule has 6 aromatic carbocycles. The second-order valence-corrected chi connectivity index (χ2v) is 18.5. The number of rotatable bonds is 9. The molecule has 2 heterocycles. The number of anilines is 2. The van der Waals surface area contributed by atoms with Gasteiger partial charge in [0.15, 0.2) is 0 Å². The second-order valence-electron chi connectivity index (χ2n) is 16.4. The van der Waals surface area contributed by atoms with E-state index in [1.165, 1.54) is 103 Å². The molecule has 7 aromatic rings. The van der Waals surface area contributed by atoms with E-state index >= 15 is 0 Å². The molecule has 11 rings (SSSR count). The molecule has 4 aliphatic rings. The number of hydrogen-bond donors (Lipinski definition) is 0. The van der Waals surface area contributed by atoms with Crippen LogP contribution in [0.1, 0.15) is 53.7 Å². The molecule has 0 bridgehead atoms. The van der Waals surface area contributed by atoms with Gasteiger partial charge in [-0.3, -0.25) is 0 Å². The first-order valence-electron chi connectivity index (χ1n) is 21.9. The molecular weight excluding hydrogens is 787 g/mol. The van der Waals surface area contributed by atoms with E-state index in [4.69, 9.17) is 0 Å². The van der Waals surface area contributed by atoms with Crippen molar-refractivity contribution in [3.63, 3.8) is 0 Å². The number of benzene rings is 6.